The standard InChI is InChI=1S/C14H26N4/c1-3-8-15-12-13-7-5-6-10-18(13)14-16-9-11-17(14)4-2/h9,11,13,15H,3-8,10,12H2,1-2H3. The molecule has 4 heteroatoms. The fourth-order valence-electron chi connectivity index (χ4n) is 2.73. The number of anilines is 1. The molecule has 1 N–H and O–H groups in total. The Morgan fingerprint density at radius 2 is 2.28 bits per heavy atom. The molecule has 1 atom stereocenters. The number of imidazole rings is 1. The van der Waals surface area contributed by atoms with Crippen molar-refractivity contribution in [3.63, 3.8) is 0 Å². The second-order valence-electron chi connectivity index (χ2n) is 5.06. The van der Waals surface area contributed by atoms with Crippen molar-refractivity contribution in [1.29, 1.82) is 0 Å². The second-order valence-corrected chi connectivity index (χ2v) is 5.06. The van der Waals surface area contributed by atoms with E-state index in [4.69, 9.17) is 0 Å². The molecular weight excluding hydrogens is 224 g/mol. The highest BCUT2D eigenvalue weighted by Crippen LogP contribution is 2.23. The van der Waals surface area contributed by atoms with Gasteiger partial charge in [-0.1, -0.05) is 6.92 Å². The summed E-state index contributed by atoms with van der Waals surface area (Å²) >= 11 is 0. The molecule has 0 spiro atoms. The Labute approximate surface area is 110 Å². The van der Waals surface area contributed by atoms with Crippen LogP contribution in [-0.4, -0.2) is 35.2 Å². The molecule has 1 aromatic rings. The molecule has 0 saturated carbocycles. The van der Waals surface area contributed by atoms with Gasteiger partial charge >= 0.3 is 0 Å². The third-order valence-corrected chi connectivity index (χ3v) is 3.72. The van der Waals surface area contributed by atoms with Gasteiger partial charge in [0.05, 0.1) is 0 Å². The first kappa shape index (κ1) is 13.4. The Hall–Kier alpha value is -1.03. The van der Waals surface area contributed by atoms with Gasteiger partial charge in [-0.05, 0) is 39.2 Å². The van der Waals surface area contributed by atoms with E-state index in [1.807, 2.05) is 6.20 Å². The van der Waals surface area contributed by atoms with Gasteiger partial charge in [0.15, 0.2) is 0 Å². The quantitative estimate of drug-likeness (QED) is 0.786. The molecule has 0 aromatic carbocycles. The number of nitrogens with one attached hydrogen (secondary N) is 1. The minimum atomic E-state index is 0.609. The van der Waals surface area contributed by atoms with Crippen molar-refractivity contribution in [1.82, 2.24) is 14.9 Å². The van der Waals surface area contributed by atoms with E-state index in [0.717, 1.165) is 32.1 Å². The molecule has 2 heterocycles. The van der Waals surface area contributed by atoms with Gasteiger partial charge in [-0.25, -0.2) is 4.98 Å². The average Bonchev–Trinajstić information content (AvgIpc) is 2.88. The molecule has 4 nitrogen and oxygen atoms in total. The maximum Gasteiger partial charge on any atom is 0.205 e. The van der Waals surface area contributed by atoms with Crippen LogP contribution in [0, 0.1) is 0 Å². The van der Waals surface area contributed by atoms with E-state index in [0.29, 0.717) is 6.04 Å². The lowest BCUT2D eigenvalue weighted by Crippen LogP contribution is -2.46. The molecular formula is C14H26N4. The largest absolute Gasteiger partial charge is 0.338 e. The van der Waals surface area contributed by atoms with Gasteiger partial charge in [0.2, 0.25) is 5.95 Å². The van der Waals surface area contributed by atoms with Crippen LogP contribution in [0.25, 0.3) is 0 Å². The summed E-state index contributed by atoms with van der Waals surface area (Å²) in [6, 6.07) is 0.609. The van der Waals surface area contributed by atoms with Crippen LogP contribution in [0.3, 0.4) is 0 Å². The minimum Gasteiger partial charge on any atom is -0.338 e. The maximum atomic E-state index is 4.55. The van der Waals surface area contributed by atoms with Crippen molar-refractivity contribution < 1.29 is 0 Å². The Kier molecular flexibility index (Phi) is 5.05. The SMILES string of the molecule is CCCNCC1CCCCN1c1nccn1CC. The number of aryl methyl sites for hydroxylation is 1. The molecule has 0 radical (unpaired) electrons. The summed E-state index contributed by atoms with van der Waals surface area (Å²) in [5, 5.41) is 3.56. The van der Waals surface area contributed by atoms with E-state index in [1.165, 1.54) is 25.7 Å². The molecule has 1 fully saturated rings. The van der Waals surface area contributed by atoms with Crippen LogP contribution >= 0.6 is 0 Å². The molecule has 0 aliphatic carbocycles. The number of aromatic nitrogens is 2. The first-order chi connectivity index (χ1) is 8.86. The number of nitrogens with zero attached hydrogens (tertiary/aromatic N) is 3. The Bertz CT molecular complexity index is 347. The van der Waals surface area contributed by atoms with E-state index in [1.54, 1.807) is 0 Å². The molecule has 102 valence electrons. The Balaban J connectivity index is 2.03. The highest BCUT2D eigenvalue weighted by molar-refractivity contribution is 5.34. The molecule has 2 rings (SSSR count). The van der Waals surface area contributed by atoms with E-state index < -0.39 is 0 Å². The third kappa shape index (κ3) is 3.05. The summed E-state index contributed by atoms with van der Waals surface area (Å²) < 4.78 is 2.25. The zero-order valence-electron chi connectivity index (χ0n) is 11.7. The van der Waals surface area contributed by atoms with Crippen LogP contribution in [0.15, 0.2) is 12.4 Å². The number of hydrogen-bond donors (Lipinski definition) is 1. The van der Waals surface area contributed by atoms with E-state index in [-0.39, 0.29) is 0 Å². The van der Waals surface area contributed by atoms with Gasteiger partial charge in [0, 0.05) is 38.1 Å². The number of piperidine rings is 1. The zero-order valence-corrected chi connectivity index (χ0v) is 11.7. The van der Waals surface area contributed by atoms with Crippen molar-refractivity contribution in [2.24, 2.45) is 0 Å². The Morgan fingerprint density at radius 3 is 3.06 bits per heavy atom. The van der Waals surface area contributed by atoms with Gasteiger partial charge in [-0.3, -0.25) is 0 Å². The van der Waals surface area contributed by atoms with Crippen molar-refractivity contribution in [3.8, 4) is 0 Å². The summed E-state index contributed by atoms with van der Waals surface area (Å²) in [6.07, 6.45) is 9.14. The smallest absolute Gasteiger partial charge is 0.205 e. The van der Waals surface area contributed by atoms with Crippen LogP contribution in [0.2, 0.25) is 0 Å². The zero-order chi connectivity index (χ0) is 12.8. The van der Waals surface area contributed by atoms with Crippen LogP contribution in [0.5, 0.6) is 0 Å². The van der Waals surface area contributed by atoms with Crippen molar-refractivity contribution >= 4 is 5.95 Å². The number of rotatable bonds is 6. The monoisotopic (exact) mass is 250 g/mol. The normalized spacial score (nSPS) is 20.3. The highest BCUT2D eigenvalue weighted by atomic mass is 15.3. The van der Waals surface area contributed by atoms with E-state index in [9.17, 15) is 0 Å². The molecule has 1 saturated heterocycles. The van der Waals surface area contributed by atoms with Crippen molar-refractivity contribution in [3.05, 3.63) is 12.4 Å². The topological polar surface area (TPSA) is 33.1 Å². The van der Waals surface area contributed by atoms with E-state index >= 15 is 0 Å². The molecule has 1 aliphatic rings. The summed E-state index contributed by atoms with van der Waals surface area (Å²) in [7, 11) is 0. The van der Waals surface area contributed by atoms with Gasteiger partial charge in [0.25, 0.3) is 0 Å². The predicted octanol–water partition coefficient (Wildman–Crippen LogP) is 2.26. The fourth-order valence-corrected chi connectivity index (χ4v) is 2.73. The molecule has 0 bridgehead atoms. The second kappa shape index (κ2) is 6.78. The van der Waals surface area contributed by atoms with Crippen LogP contribution < -0.4 is 10.2 Å². The molecule has 18 heavy (non-hydrogen) atoms. The van der Waals surface area contributed by atoms with Crippen molar-refractivity contribution in [2.75, 3.05) is 24.5 Å². The van der Waals surface area contributed by atoms with Crippen LogP contribution in [0.1, 0.15) is 39.5 Å². The lowest BCUT2D eigenvalue weighted by Gasteiger charge is -2.37. The molecule has 1 unspecified atom stereocenters. The van der Waals surface area contributed by atoms with Crippen LogP contribution in [-0.2, 0) is 6.54 Å². The lowest BCUT2D eigenvalue weighted by molar-refractivity contribution is 0.425. The predicted molar refractivity (Wildman–Crippen MR) is 76.0 cm³/mol. The van der Waals surface area contributed by atoms with Gasteiger partial charge < -0.3 is 14.8 Å². The average molecular weight is 250 g/mol. The lowest BCUT2D eigenvalue weighted by atomic mass is 10.0. The first-order valence-corrected chi connectivity index (χ1v) is 7.35. The van der Waals surface area contributed by atoms with Crippen LogP contribution in [0.4, 0.5) is 5.95 Å². The molecule has 0 amide bonds. The van der Waals surface area contributed by atoms with Gasteiger partial charge in [0.1, 0.15) is 0 Å². The van der Waals surface area contributed by atoms with E-state index in [2.05, 4.69) is 39.8 Å². The summed E-state index contributed by atoms with van der Waals surface area (Å²) in [4.78, 5) is 7.05. The van der Waals surface area contributed by atoms with Gasteiger partial charge in [-0.2, -0.15) is 0 Å². The summed E-state index contributed by atoms with van der Waals surface area (Å²) in [6.45, 7) is 8.75. The van der Waals surface area contributed by atoms with Gasteiger partial charge in [-0.15, -0.1) is 0 Å². The summed E-state index contributed by atoms with van der Waals surface area (Å²) in [5.41, 5.74) is 0. The first-order valence-electron chi connectivity index (χ1n) is 7.35. The summed E-state index contributed by atoms with van der Waals surface area (Å²) in [5.74, 6) is 1.15. The highest BCUT2D eigenvalue weighted by Gasteiger charge is 2.24. The minimum absolute atomic E-state index is 0.609. The number of hydrogen-bond acceptors (Lipinski definition) is 3. The maximum absolute atomic E-state index is 4.55. The molecule has 1 aliphatic heterocycles. The fraction of sp³-hybridized carbons (Fsp3) is 0.786. The van der Waals surface area contributed by atoms with Crippen molar-refractivity contribution in [2.45, 2.75) is 52.1 Å². The molecule has 1 aromatic heterocycles. The third-order valence-electron chi connectivity index (χ3n) is 3.72. The Morgan fingerprint density at radius 1 is 1.39 bits per heavy atom.